The molecule has 1 heterocycles. The van der Waals surface area contributed by atoms with Crippen LogP contribution in [-0.4, -0.2) is 80.9 Å². The Morgan fingerprint density at radius 1 is 1.21 bits per heavy atom. The highest BCUT2D eigenvalue weighted by Gasteiger charge is 2.32. The molecule has 1 aliphatic heterocycles. The topological polar surface area (TPSA) is 84.7 Å². The summed E-state index contributed by atoms with van der Waals surface area (Å²) in [5, 5.41) is 9.11. The Kier molecular flexibility index (Phi) is 7.03. The molecule has 0 spiro atoms. The molecule has 0 aliphatic carbocycles. The van der Waals surface area contributed by atoms with Crippen molar-refractivity contribution in [3.63, 3.8) is 0 Å². The van der Waals surface area contributed by atoms with Crippen LogP contribution < -0.4 is 0 Å². The Balaban J connectivity index is 1.93. The zero-order chi connectivity index (χ0) is 20.9. The number of halogens is 3. The second-order valence-electron chi connectivity index (χ2n) is 6.50. The van der Waals surface area contributed by atoms with Gasteiger partial charge in [-0.05, 0) is 19.2 Å². The maximum Gasteiger partial charge on any atom is 0.390 e. The highest BCUT2D eigenvalue weighted by atomic mass is 32.2. The molecular weight excluding hydrogens is 397 g/mol. The van der Waals surface area contributed by atoms with E-state index in [1.54, 1.807) is 6.07 Å². The molecule has 1 fully saturated rings. The zero-order valence-electron chi connectivity index (χ0n) is 15.3. The monoisotopic (exact) mass is 418 g/mol. The van der Waals surface area contributed by atoms with Crippen LogP contribution in [0.15, 0.2) is 29.2 Å². The van der Waals surface area contributed by atoms with E-state index in [-0.39, 0.29) is 55.6 Å². The third-order valence-electron chi connectivity index (χ3n) is 4.40. The minimum atomic E-state index is -4.28. The summed E-state index contributed by atoms with van der Waals surface area (Å²) in [6.07, 6.45) is -5.28. The molecule has 1 amide bonds. The summed E-state index contributed by atoms with van der Waals surface area (Å²) >= 11 is 0. The predicted molar refractivity (Wildman–Crippen MR) is 94.7 cm³/mol. The lowest BCUT2D eigenvalue weighted by Crippen LogP contribution is -2.52. The first-order valence-corrected chi connectivity index (χ1v) is 10.0. The van der Waals surface area contributed by atoms with Gasteiger partial charge in [0, 0.05) is 32.7 Å². The third-order valence-corrected chi connectivity index (χ3v) is 6.36. The largest absolute Gasteiger partial charge is 0.390 e. The van der Waals surface area contributed by atoms with E-state index in [1.165, 1.54) is 39.4 Å². The quantitative estimate of drug-likeness (QED) is 0.695. The fourth-order valence-electron chi connectivity index (χ4n) is 2.83. The lowest BCUT2D eigenvalue weighted by molar-refractivity contribution is -0.141. The number of rotatable bonds is 6. The third kappa shape index (κ3) is 5.67. The van der Waals surface area contributed by atoms with Crippen LogP contribution in [0.5, 0.6) is 0 Å². The molecule has 2 rings (SSSR count). The van der Waals surface area contributed by atoms with Gasteiger partial charge in [0.25, 0.3) is 0 Å². The second kappa shape index (κ2) is 8.89. The normalized spacial score (nSPS) is 16.2. The lowest BCUT2D eigenvalue weighted by Gasteiger charge is -2.35. The number of piperazine rings is 1. The summed E-state index contributed by atoms with van der Waals surface area (Å²) < 4.78 is 63.5. The predicted octanol–water partition coefficient (Wildman–Crippen LogP) is 1.28. The smallest absolute Gasteiger partial charge is 0.339 e. The number of sulfonamides is 1. The number of nitrogens with zero attached hydrogens (tertiary/aromatic N) is 4. The fourth-order valence-corrected chi connectivity index (χ4v) is 4.39. The number of nitriles is 1. The van der Waals surface area contributed by atoms with Crippen molar-refractivity contribution in [3.8, 4) is 6.07 Å². The molecule has 0 bridgehead atoms. The van der Waals surface area contributed by atoms with Crippen LogP contribution in [0.3, 0.4) is 0 Å². The molecule has 0 aromatic heterocycles. The van der Waals surface area contributed by atoms with E-state index >= 15 is 0 Å². The first-order valence-electron chi connectivity index (χ1n) is 8.57. The van der Waals surface area contributed by atoms with E-state index in [2.05, 4.69) is 0 Å². The van der Waals surface area contributed by atoms with E-state index in [0.717, 1.165) is 0 Å². The Morgan fingerprint density at radius 2 is 1.82 bits per heavy atom. The summed E-state index contributed by atoms with van der Waals surface area (Å²) in [5.41, 5.74) is 0.0484. The summed E-state index contributed by atoms with van der Waals surface area (Å²) in [5.74, 6) is -0.348. The lowest BCUT2D eigenvalue weighted by atomic mass is 10.2. The summed E-state index contributed by atoms with van der Waals surface area (Å²) in [7, 11) is -2.43. The van der Waals surface area contributed by atoms with E-state index < -0.39 is 22.6 Å². The molecule has 1 aliphatic rings. The fraction of sp³-hybridized carbons (Fsp3) is 0.529. The molecule has 0 unspecified atom stereocenters. The summed E-state index contributed by atoms with van der Waals surface area (Å²) in [6.45, 7) is -0.0609. The Hall–Kier alpha value is -2.16. The van der Waals surface area contributed by atoms with Gasteiger partial charge in [0.2, 0.25) is 15.9 Å². The number of alkyl halides is 3. The molecule has 0 N–H and O–H groups in total. The summed E-state index contributed by atoms with van der Waals surface area (Å²) in [6, 6.07) is 7.74. The van der Waals surface area contributed by atoms with Crippen molar-refractivity contribution < 1.29 is 26.4 Å². The second-order valence-corrected chi connectivity index (χ2v) is 8.40. The molecule has 11 heteroatoms. The zero-order valence-corrected chi connectivity index (χ0v) is 16.1. The molecule has 154 valence electrons. The number of amides is 1. The molecule has 0 radical (unpaired) electrons. The van der Waals surface area contributed by atoms with Gasteiger partial charge >= 0.3 is 6.18 Å². The van der Waals surface area contributed by atoms with Gasteiger partial charge in [0.05, 0.1) is 23.4 Å². The van der Waals surface area contributed by atoms with Crippen LogP contribution in [-0.2, 0) is 14.8 Å². The van der Waals surface area contributed by atoms with Crippen LogP contribution in [0.2, 0.25) is 0 Å². The van der Waals surface area contributed by atoms with Crippen LogP contribution >= 0.6 is 0 Å². The first-order chi connectivity index (χ1) is 13.0. The number of carbonyl (C=O) groups excluding carboxylic acids is 1. The van der Waals surface area contributed by atoms with Gasteiger partial charge < -0.3 is 4.90 Å². The van der Waals surface area contributed by atoms with Crippen LogP contribution in [0.1, 0.15) is 12.0 Å². The number of carbonyl (C=O) groups is 1. The average Bonchev–Trinajstić information content (AvgIpc) is 2.66. The average molecular weight is 418 g/mol. The van der Waals surface area contributed by atoms with Gasteiger partial charge in [-0.25, -0.2) is 8.42 Å². The Labute approximate surface area is 162 Å². The number of likely N-dealkylation sites (N-methyl/N-ethyl adjacent to an activating group) is 1. The van der Waals surface area contributed by atoms with Gasteiger partial charge in [-0.1, -0.05) is 12.1 Å². The van der Waals surface area contributed by atoms with E-state index in [0.29, 0.717) is 0 Å². The standard InChI is InChI=1S/C17H21F3N4O3S/c1-22(7-6-17(18,19)20)13-16(25)23-8-10-24(11-9-23)28(26,27)15-5-3-2-4-14(15)12-21/h2-5H,6-11,13H2,1H3. The molecule has 1 aromatic rings. The number of hydrogen-bond donors (Lipinski definition) is 0. The van der Waals surface area contributed by atoms with E-state index in [1.807, 2.05) is 6.07 Å². The molecule has 0 saturated carbocycles. The van der Waals surface area contributed by atoms with Crippen molar-refractivity contribution in [2.75, 3.05) is 46.3 Å². The van der Waals surface area contributed by atoms with Crippen LogP contribution in [0, 0.1) is 11.3 Å². The van der Waals surface area contributed by atoms with Crippen molar-refractivity contribution in [2.45, 2.75) is 17.5 Å². The van der Waals surface area contributed by atoms with Crippen molar-refractivity contribution in [3.05, 3.63) is 29.8 Å². The molecule has 1 aromatic carbocycles. The maximum atomic E-state index is 12.8. The molecule has 0 atom stereocenters. The van der Waals surface area contributed by atoms with E-state index in [4.69, 9.17) is 5.26 Å². The summed E-state index contributed by atoms with van der Waals surface area (Å²) in [4.78, 5) is 14.9. The minimum absolute atomic E-state index is 0.0484. The van der Waals surface area contributed by atoms with E-state index in [9.17, 15) is 26.4 Å². The van der Waals surface area contributed by atoms with Crippen LogP contribution in [0.25, 0.3) is 0 Å². The highest BCUT2D eigenvalue weighted by molar-refractivity contribution is 7.89. The van der Waals surface area contributed by atoms with Crippen molar-refractivity contribution in [1.29, 1.82) is 5.26 Å². The number of benzene rings is 1. The maximum absolute atomic E-state index is 12.8. The van der Waals surface area contributed by atoms with Crippen LogP contribution in [0.4, 0.5) is 13.2 Å². The minimum Gasteiger partial charge on any atom is -0.339 e. The van der Waals surface area contributed by atoms with Crippen molar-refractivity contribution in [1.82, 2.24) is 14.1 Å². The van der Waals surface area contributed by atoms with Gasteiger partial charge in [-0.2, -0.15) is 22.7 Å². The highest BCUT2D eigenvalue weighted by Crippen LogP contribution is 2.21. The molecule has 1 saturated heterocycles. The van der Waals surface area contributed by atoms with Gasteiger partial charge in [-0.3, -0.25) is 9.69 Å². The first kappa shape index (κ1) is 22.1. The van der Waals surface area contributed by atoms with Gasteiger partial charge in [0.1, 0.15) is 6.07 Å². The number of hydrogen-bond acceptors (Lipinski definition) is 5. The molecule has 7 nitrogen and oxygen atoms in total. The Morgan fingerprint density at radius 3 is 2.39 bits per heavy atom. The van der Waals surface area contributed by atoms with Gasteiger partial charge in [-0.15, -0.1) is 0 Å². The molecule has 28 heavy (non-hydrogen) atoms. The van der Waals surface area contributed by atoms with Crippen molar-refractivity contribution >= 4 is 15.9 Å². The molecular formula is C17H21F3N4O3S. The van der Waals surface area contributed by atoms with Crippen molar-refractivity contribution in [2.24, 2.45) is 0 Å². The SMILES string of the molecule is CN(CCC(F)(F)F)CC(=O)N1CCN(S(=O)(=O)c2ccccc2C#N)CC1. The Bertz CT molecular complexity index is 844. The van der Waals surface area contributed by atoms with Gasteiger partial charge in [0.15, 0.2) is 0 Å².